The lowest BCUT2D eigenvalue weighted by Gasteiger charge is -2.16. The van der Waals surface area contributed by atoms with E-state index < -0.39 is 0 Å². The van der Waals surface area contributed by atoms with Crippen LogP contribution in [0, 0.1) is 0 Å². The van der Waals surface area contributed by atoms with Gasteiger partial charge in [0.15, 0.2) is 0 Å². The summed E-state index contributed by atoms with van der Waals surface area (Å²) in [6.07, 6.45) is 2.57. The van der Waals surface area contributed by atoms with Crippen LogP contribution in [-0.2, 0) is 0 Å². The van der Waals surface area contributed by atoms with E-state index in [0.29, 0.717) is 11.6 Å². The Bertz CT molecular complexity index is 571. The van der Waals surface area contributed by atoms with Crippen LogP contribution >= 0.6 is 0 Å². The molecule has 0 aliphatic carbocycles. The number of carbonyl (C=O) groups is 1. The summed E-state index contributed by atoms with van der Waals surface area (Å²) in [5.41, 5.74) is 1.21. The summed E-state index contributed by atoms with van der Waals surface area (Å²) in [6.45, 7) is 2.84. The summed E-state index contributed by atoms with van der Waals surface area (Å²) in [6, 6.07) is 11.1. The molecule has 104 valence electrons. The lowest BCUT2D eigenvalue weighted by atomic mass is 10.2. The van der Waals surface area contributed by atoms with Crippen molar-refractivity contribution in [2.45, 2.75) is 13.3 Å². The number of benzene rings is 1. The largest absolute Gasteiger partial charge is 0.354 e. The van der Waals surface area contributed by atoms with Crippen molar-refractivity contribution in [2.24, 2.45) is 0 Å². The Morgan fingerprint density at radius 3 is 2.70 bits per heavy atom. The van der Waals surface area contributed by atoms with Crippen LogP contribution in [-0.4, -0.2) is 29.5 Å². The summed E-state index contributed by atoms with van der Waals surface area (Å²) in [7, 11) is 1.74. The van der Waals surface area contributed by atoms with Crippen LogP contribution in [0.15, 0.2) is 42.6 Å². The summed E-state index contributed by atoms with van der Waals surface area (Å²) in [4.78, 5) is 22.3. The summed E-state index contributed by atoms with van der Waals surface area (Å²) in [5.74, 6) is 0.331. The van der Waals surface area contributed by atoms with Gasteiger partial charge < -0.3 is 10.2 Å². The molecule has 5 nitrogen and oxygen atoms in total. The molecule has 0 saturated heterocycles. The van der Waals surface area contributed by atoms with Crippen LogP contribution in [0.2, 0.25) is 0 Å². The van der Waals surface area contributed by atoms with Gasteiger partial charge in [0.25, 0.3) is 5.91 Å². The molecule has 2 rings (SSSR count). The van der Waals surface area contributed by atoms with E-state index in [1.807, 2.05) is 30.3 Å². The average Bonchev–Trinajstić information content (AvgIpc) is 2.52. The predicted molar refractivity (Wildman–Crippen MR) is 80.0 cm³/mol. The van der Waals surface area contributed by atoms with Crippen LogP contribution in [0.25, 0.3) is 0 Å². The van der Waals surface area contributed by atoms with Crippen molar-refractivity contribution in [3.63, 3.8) is 0 Å². The zero-order chi connectivity index (χ0) is 14.4. The smallest absolute Gasteiger partial charge is 0.276 e. The first-order chi connectivity index (χ1) is 9.72. The molecule has 0 bridgehead atoms. The monoisotopic (exact) mass is 270 g/mol. The van der Waals surface area contributed by atoms with E-state index in [4.69, 9.17) is 0 Å². The number of nitrogens with one attached hydrogen (secondary N) is 1. The van der Waals surface area contributed by atoms with Crippen molar-refractivity contribution in [1.29, 1.82) is 0 Å². The highest BCUT2D eigenvalue weighted by Gasteiger charge is 2.15. The first-order valence-corrected chi connectivity index (χ1v) is 6.62. The number of nitrogens with zero attached hydrogens (tertiary/aromatic N) is 3. The molecule has 1 amide bonds. The molecule has 5 heteroatoms. The molecule has 0 atom stereocenters. The first-order valence-electron chi connectivity index (χ1n) is 6.62. The number of carbonyl (C=O) groups excluding carboxylic acids is 1. The van der Waals surface area contributed by atoms with Gasteiger partial charge in [-0.3, -0.25) is 4.79 Å². The van der Waals surface area contributed by atoms with Crippen LogP contribution in [0.3, 0.4) is 0 Å². The Labute approximate surface area is 118 Å². The molecular formula is C15H18N4O. The second-order valence-corrected chi connectivity index (χ2v) is 4.39. The third-order valence-electron chi connectivity index (χ3n) is 2.86. The summed E-state index contributed by atoms with van der Waals surface area (Å²) in [5, 5.41) is 3.08. The number of hydrogen-bond acceptors (Lipinski definition) is 4. The Balaban J connectivity index is 2.16. The van der Waals surface area contributed by atoms with Gasteiger partial charge in [0.05, 0.1) is 0 Å². The SMILES string of the molecule is CCCNc1nccc(C(=O)N(C)c2ccccc2)n1. The number of anilines is 2. The average molecular weight is 270 g/mol. The van der Waals surface area contributed by atoms with E-state index >= 15 is 0 Å². The summed E-state index contributed by atoms with van der Waals surface area (Å²) >= 11 is 0. The fourth-order valence-corrected chi connectivity index (χ4v) is 1.74. The number of hydrogen-bond donors (Lipinski definition) is 1. The summed E-state index contributed by atoms with van der Waals surface area (Å²) < 4.78 is 0. The molecule has 1 heterocycles. The highest BCUT2D eigenvalue weighted by atomic mass is 16.2. The van der Waals surface area contributed by atoms with E-state index in [2.05, 4.69) is 22.2 Å². The molecule has 1 aromatic heterocycles. The maximum Gasteiger partial charge on any atom is 0.276 e. The van der Waals surface area contributed by atoms with Gasteiger partial charge in [-0.2, -0.15) is 0 Å². The fourth-order valence-electron chi connectivity index (χ4n) is 1.74. The van der Waals surface area contributed by atoms with Gasteiger partial charge >= 0.3 is 0 Å². The maximum atomic E-state index is 12.4. The molecule has 0 saturated carbocycles. The van der Waals surface area contributed by atoms with E-state index in [0.717, 1.165) is 18.7 Å². The molecule has 0 spiro atoms. The number of rotatable bonds is 5. The molecule has 0 fully saturated rings. The second kappa shape index (κ2) is 6.65. The van der Waals surface area contributed by atoms with Gasteiger partial charge in [0.1, 0.15) is 5.69 Å². The van der Waals surface area contributed by atoms with Crippen molar-refractivity contribution in [3.8, 4) is 0 Å². The van der Waals surface area contributed by atoms with E-state index in [1.54, 1.807) is 24.2 Å². The molecule has 20 heavy (non-hydrogen) atoms. The van der Waals surface area contributed by atoms with Crippen LogP contribution in [0.5, 0.6) is 0 Å². The minimum absolute atomic E-state index is 0.154. The van der Waals surface area contributed by atoms with E-state index in [9.17, 15) is 4.79 Å². The highest BCUT2D eigenvalue weighted by molar-refractivity contribution is 6.04. The molecule has 1 N–H and O–H groups in total. The van der Waals surface area contributed by atoms with Gasteiger partial charge in [-0.05, 0) is 24.6 Å². The Kier molecular flexibility index (Phi) is 4.65. The minimum atomic E-state index is -0.154. The third-order valence-corrected chi connectivity index (χ3v) is 2.86. The lowest BCUT2D eigenvalue weighted by molar-refractivity contribution is 0.0988. The van der Waals surface area contributed by atoms with E-state index in [-0.39, 0.29) is 5.91 Å². The fraction of sp³-hybridized carbons (Fsp3) is 0.267. The molecule has 2 aromatic rings. The highest BCUT2D eigenvalue weighted by Crippen LogP contribution is 2.14. The van der Waals surface area contributed by atoms with Gasteiger partial charge in [-0.25, -0.2) is 9.97 Å². The van der Waals surface area contributed by atoms with Gasteiger partial charge in [-0.15, -0.1) is 0 Å². The van der Waals surface area contributed by atoms with Gasteiger partial charge in [0, 0.05) is 25.5 Å². The third kappa shape index (κ3) is 3.32. The Morgan fingerprint density at radius 2 is 2.00 bits per heavy atom. The molecule has 0 aliphatic heterocycles. The van der Waals surface area contributed by atoms with Gasteiger partial charge in [0.2, 0.25) is 5.95 Å². The van der Waals surface area contributed by atoms with Crippen molar-refractivity contribution < 1.29 is 4.79 Å². The minimum Gasteiger partial charge on any atom is -0.354 e. The van der Waals surface area contributed by atoms with Crippen molar-refractivity contribution in [3.05, 3.63) is 48.3 Å². The lowest BCUT2D eigenvalue weighted by Crippen LogP contribution is -2.27. The molecule has 1 aromatic carbocycles. The van der Waals surface area contributed by atoms with Crippen LogP contribution in [0.1, 0.15) is 23.8 Å². The normalized spacial score (nSPS) is 10.1. The first kappa shape index (κ1) is 14.0. The van der Waals surface area contributed by atoms with Crippen molar-refractivity contribution in [2.75, 3.05) is 23.8 Å². The maximum absolute atomic E-state index is 12.4. The number of para-hydroxylation sites is 1. The Hall–Kier alpha value is -2.43. The Morgan fingerprint density at radius 1 is 1.25 bits per heavy atom. The second-order valence-electron chi connectivity index (χ2n) is 4.39. The zero-order valence-electron chi connectivity index (χ0n) is 11.7. The van der Waals surface area contributed by atoms with Crippen molar-refractivity contribution >= 4 is 17.5 Å². The number of amides is 1. The standard InChI is InChI=1S/C15H18N4O/c1-3-10-16-15-17-11-9-13(18-15)14(20)19(2)12-7-5-4-6-8-12/h4-9,11H,3,10H2,1-2H3,(H,16,17,18). The van der Waals surface area contributed by atoms with Crippen LogP contribution < -0.4 is 10.2 Å². The number of aromatic nitrogens is 2. The molecule has 0 radical (unpaired) electrons. The van der Waals surface area contributed by atoms with Crippen molar-refractivity contribution in [1.82, 2.24) is 9.97 Å². The quantitative estimate of drug-likeness (QED) is 0.907. The predicted octanol–water partition coefficient (Wildman–Crippen LogP) is 2.58. The van der Waals surface area contributed by atoms with E-state index in [1.165, 1.54) is 0 Å². The zero-order valence-corrected chi connectivity index (χ0v) is 11.7. The molecular weight excluding hydrogens is 252 g/mol. The van der Waals surface area contributed by atoms with Crippen LogP contribution in [0.4, 0.5) is 11.6 Å². The topological polar surface area (TPSA) is 58.1 Å². The molecule has 0 aliphatic rings. The van der Waals surface area contributed by atoms with Gasteiger partial charge in [-0.1, -0.05) is 25.1 Å². The molecule has 0 unspecified atom stereocenters.